The number of halogens is 1. The van der Waals surface area contributed by atoms with E-state index in [0.29, 0.717) is 35.1 Å². The molecule has 0 bridgehead atoms. The molecule has 3 N–H and O–H groups in total. The van der Waals surface area contributed by atoms with Gasteiger partial charge in [0.05, 0.1) is 24.4 Å². The smallest absolute Gasteiger partial charge is 0.234 e. The van der Waals surface area contributed by atoms with Crippen LogP contribution < -0.4 is 25.6 Å². The Morgan fingerprint density at radius 1 is 1.14 bits per heavy atom. The highest BCUT2D eigenvalue weighted by Gasteiger charge is 2.40. The summed E-state index contributed by atoms with van der Waals surface area (Å²) in [6.07, 6.45) is 3.83. The van der Waals surface area contributed by atoms with E-state index >= 15 is 0 Å². The van der Waals surface area contributed by atoms with Gasteiger partial charge in [-0.2, -0.15) is 4.98 Å². The van der Waals surface area contributed by atoms with Crippen LogP contribution in [0.15, 0.2) is 42.6 Å². The van der Waals surface area contributed by atoms with Crippen LogP contribution in [0.3, 0.4) is 0 Å². The number of benzene rings is 2. The van der Waals surface area contributed by atoms with Crippen LogP contribution in [0.2, 0.25) is 5.02 Å². The minimum absolute atomic E-state index is 0.00582. The molecule has 6 rings (SSSR count). The van der Waals surface area contributed by atoms with Crippen molar-refractivity contribution in [2.24, 2.45) is 0 Å². The van der Waals surface area contributed by atoms with E-state index in [4.69, 9.17) is 21.1 Å². The molecule has 0 unspecified atom stereocenters. The third-order valence-electron chi connectivity index (χ3n) is 8.60. The number of carbonyl (C=O) groups excluding carboxylic acids is 1. The van der Waals surface area contributed by atoms with Gasteiger partial charge in [0.15, 0.2) is 5.82 Å². The van der Waals surface area contributed by atoms with E-state index in [2.05, 4.69) is 47.9 Å². The van der Waals surface area contributed by atoms with Crippen LogP contribution in [-0.4, -0.2) is 73.3 Å². The highest BCUT2D eigenvalue weighted by molar-refractivity contribution is 6.32. The topological polar surface area (TPSA) is 104 Å². The van der Waals surface area contributed by atoms with Crippen LogP contribution in [0.1, 0.15) is 37.8 Å². The summed E-state index contributed by atoms with van der Waals surface area (Å²) in [5, 5.41) is 10.0. The zero-order chi connectivity index (χ0) is 29.3. The van der Waals surface area contributed by atoms with Crippen molar-refractivity contribution in [3.05, 3.63) is 58.7 Å². The molecule has 222 valence electrons. The van der Waals surface area contributed by atoms with Crippen molar-refractivity contribution in [3.63, 3.8) is 0 Å². The van der Waals surface area contributed by atoms with Crippen molar-refractivity contribution in [1.29, 1.82) is 0 Å². The molecule has 1 aromatic heterocycles. The first kappa shape index (κ1) is 28.5. The normalized spacial score (nSPS) is 18.9. The number of nitrogens with one attached hydrogen (secondary N) is 3. The van der Waals surface area contributed by atoms with Crippen molar-refractivity contribution in [1.82, 2.24) is 14.9 Å². The van der Waals surface area contributed by atoms with Gasteiger partial charge < -0.3 is 30.3 Å². The van der Waals surface area contributed by atoms with Crippen LogP contribution in [0, 0.1) is 0 Å². The summed E-state index contributed by atoms with van der Waals surface area (Å²) < 4.78 is 11.3. The number of amides is 1. The number of hydrogen-bond acceptors (Lipinski definition) is 9. The van der Waals surface area contributed by atoms with Gasteiger partial charge in [-0.15, -0.1) is 0 Å². The number of methoxy groups -OCH3 is 1. The fourth-order valence-electron chi connectivity index (χ4n) is 6.21. The van der Waals surface area contributed by atoms with E-state index in [-0.39, 0.29) is 5.91 Å². The summed E-state index contributed by atoms with van der Waals surface area (Å²) >= 11 is 6.47. The molecule has 2 aromatic carbocycles. The van der Waals surface area contributed by atoms with Crippen LogP contribution in [0.25, 0.3) is 0 Å². The Labute approximate surface area is 251 Å². The minimum atomic E-state index is -0.614. The molecular weight excluding hydrogens is 554 g/mol. The zero-order valence-electron chi connectivity index (χ0n) is 24.4. The fraction of sp³-hybridized carbons (Fsp3) is 0.452. The molecule has 0 atom stereocenters. The van der Waals surface area contributed by atoms with Crippen LogP contribution >= 0.6 is 11.6 Å². The highest BCUT2D eigenvalue weighted by atomic mass is 35.5. The van der Waals surface area contributed by atoms with Gasteiger partial charge in [-0.3, -0.25) is 9.69 Å². The molecule has 10 nitrogen and oxygen atoms in total. The molecule has 3 aliphatic heterocycles. The lowest BCUT2D eigenvalue weighted by molar-refractivity contribution is -0.119. The van der Waals surface area contributed by atoms with Crippen molar-refractivity contribution >= 4 is 46.3 Å². The third-order valence-corrected chi connectivity index (χ3v) is 8.88. The predicted molar refractivity (Wildman–Crippen MR) is 166 cm³/mol. The predicted octanol–water partition coefficient (Wildman–Crippen LogP) is 5.03. The maximum Gasteiger partial charge on any atom is 0.234 e. The number of carbonyl (C=O) groups is 1. The monoisotopic (exact) mass is 591 g/mol. The highest BCUT2D eigenvalue weighted by Crippen LogP contribution is 2.40. The first-order valence-electron chi connectivity index (χ1n) is 14.6. The second-order valence-corrected chi connectivity index (χ2v) is 11.9. The van der Waals surface area contributed by atoms with Crippen LogP contribution in [0.5, 0.6) is 5.75 Å². The molecule has 0 saturated carbocycles. The lowest BCUT2D eigenvalue weighted by Crippen LogP contribution is -2.51. The Hall–Kier alpha value is -3.60. The van der Waals surface area contributed by atoms with E-state index in [1.807, 2.05) is 38.1 Å². The zero-order valence-corrected chi connectivity index (χ0v) is 25.1. The van der Waals surface area contributed by atoms with E-state index in [1.54, 1.807) is 13.3 Å². The molecule has 2 fully saturated rings. The first-order valence-corrected chi connectivity index (χ1v) is 14.9. The van der Waals surface area contributed by atoms with E-state index in [1.165, 1.54) is 0 Å². The van der Waals surface area contributed by atoms with Gasteiger partial charge in [0.1, 0.15) is 10.8 Å². The molecule has 1 amide bonds. The maximum atomic E-state index is 12.5. The molecule has 4 heterocycles. The summed E-state index contributed by atoms with van der Waals surface area (Å²) in [6, 6.07) is 12.7. The van der Waals surface area contributed by atoms with Crippen molar-refractivity contribution in [2.45, 2.75) is 44.7 Å². The molecule has 0 spiro atoms. The Morgan fingerprint density at radius 2 is 1.93 bits per heavy atom. The molecule has 3 aliphatic rings. The minimum Gasteiger partial charge on any atom is -0.494 e. The van der Waals surface area contributed by atoms with Gasteiger partial charge in [0, 0.05) is 69.4 Å². The van der Waals surface area contributed by atoms with Crippen molar-refractivity contribution in [2.75, 3.05) is 67.4 Å². The van der Waals surface area contributed by atoms with Gasteiger partial charge in [-0.25, -0.2) is 4.98 Å². The van der Waals surface area contributed by atoms with Gasteiger partial charge in [0.25, 0.3) is 0 Å². The molecule has 11 heteroatoms. The fourth-order valence-corrected chi connectivity index (χ4v) is 6.37. The quantitative estimate of drug-likeness (QED) is 0.333. The Balaban J connectivity index is 1.12. The summed E-state index contributed by atoms with van der Waals surface area (Å²) in [7, 11) is 1.67. The van der Waals surface area contributed by atoms with Crippen molar-refractivity contribution < 1.29 is 14.3 Å². The van der Waals surface area contributed by atoms with Gasteiger partial charge in [0.2, 0.25) is 11.9 Å². The summed E-state index contributed by atoms with van der Waals surface area (Å²) in [5.41, 5.74) is 4.12. The number of nitrogens with zero attached hydrogens (tertiary/aromatic N) is 4. The number of piperazine rings is 1. The molecule has 0 radical (unpaired) electrons. The average Bonchev–Trinajstić information content (AvgIpc) is 3.25. The summed E-state index contributed by atoms with van der Waals surface area (Å²) in [5.74, 6) is 1.61. The first-order chi connectivity index (χ1) is 20.3. The third kappa shape index (κ3) is 5.71. The van der Waals surface area contributed by atoms with E-state index < -0.39 is 5.41 Å². The second kappa shape index (κ2) is 11.9. The van der Waals surface area contributed by atoms with E-state index in [9.17, 15) is 4.79 Å². The lowest BCUT2D eigenvalue weighted by atomic mass is 9.83. The molecular formula is C31H38ClN7O3. The number of ether oxygens (including phenoxy) is 2. The largest absolute Gasteiger partial charge is 0.494 e. The Morgan fingerprint density at radius 3 is 2.69 bits per heavy atom. The summed E-state index contributed by atoms with van der Waals surface area (Å²) in [4.78, 5) is 26.5. The number of rotatable bonds is 8. The Kier molecular flexibility index (Phi) is 8.11. The lowest BCUT2D eigenvalue weighted by Gasteiger charge is -2.41. The average molecular weight is 592 g/mol. The maximum absolute atomic E-state index is 12.5. The molecule has 0 aliphatic carbocycles. The Bertz CT molecular complexity index is 1450. The van der Waals surface area contributed by atoms with Gasteiger partial charge in [-0.05, 0) is 56.0 Å². The second-order valence-electron chi connectivity index (χ2n) is 11.5. The van der Waals surface area contributed by atoms with Gasteiger partial charge >= 0.3 is 0 Å². The van der Waals surface area contributed by atoms with Crippen LogP contribution in [0.4, 0.5) is 28.8 Å². The number of aromatic nitrogens is 2. The molecule has 2 saturated heterocycles. The standard InChI is InChI=1S/C31H38ClN7O3/c1-31(2)27-20(5-4-6-25(27)35-29(31)40)18-33-28-23(32)19-34-30(37-28)36-24-8-7-22(17-26(24)41-3)39-13-11-38(12-14-39)21-9-15-42-16-10-21/h4-8,17,19,21H,9-16,18H2,1-3H3,(H,35,40)(H2,33,34,36,37). The summed E-state index contributed by atoms with van der Waals surface area (Å²) in [6.45, 7) is 10.1. The van der Waals surface area contributed by atoms with Gasteiger partial charge in [-0.1, -0.05) is 23.7 Å². The SMILES string of the molecule is COc1cc(N2CCN(C3CCOCC3)CC2)ccc1Nc1ncc(Cl)c(NCc2cccc3c2C(C)(C)C(=O)N3)n1. The number of hydrogen-bond donors (Lipinski definition) is 3. The molecule has 3 aromatic rings. The van der Waals surface area contributed by atoms with E-state index in [0.717, 1.165) is 80.4 Å². The number of fused-ring (bicyclic) bond motifs is 1. The van der Waals surface area contributed by atoms with Crippen LogP contribution in [-0.2, 0) is 21.5 Å². The number of anilines is 5. The van der Waals surface area contributed by atoms with Crippen molar-refractivity contribution in [3.8, 4) is 5.75 Å². The molecule has 42 heavy (non-hydrogen) atoms.